The number of likely N-dealkylation sites (tertiary alicyclic amines) is 1. The molecule has 0 radical (unpaired) electrons. The molecule has 5 nitrogen and oxygen atoms in total. The molecule has 0 aromatic heterocycles. The van der Waals surface area contributed by atoms with Gasteiger partial charge in [-0.15, -0.1) is 0 Å². The molecule has 1 aliphatic rings. The lowest BCUT2D eigenvalue weighted by Crippen LogP contribution is -2.36. The lowest BCUT2D eigenvalue weighted by Gasteiger charge is -2.26. The van der Waals surface area contributed by atoms with Crippen molar-refractivity contribution < 1.29 is 9.59 Å². The van der Waals surface area contributed by atoms with Crippen LogP contribution in [0, 0.1) is 13.8 Å². The van der Waals surface area contributed by atoms with Gasteiger partial charge >= 0.3 is 0 Å². The molecule has 0 saturated carbocycles. The maximum absolute atomic E-state index is 13.2. The summed E-state index contributed by atoms with van der Waals surface area (Å²) in [4.78, 5) is 26.7. The minimum absolute atomic E-state index is 0.0970. The van der Waals surface area contributed by atoms with Crippen molar-refractivity contribution in [1.82, 2.24) is 4.90 Å². The Labute approximate surface area is 160 Å². The maximum Gasteiger partial charge on any atom is 0.249 e. The number of aryl methyl sites for hydroxylation is 1. The molecule has 142 valence electrons. The number of nitrogens with zero attached hydrogens (tertiary/aromatic N) is 1. The van der Waals surface area contributed by atoms with Crippen molar-refractivity contribution in [2.45, 2.75) is 39.7 Å². The number of carbonyl (C=O) groups excluding carboxylic acids is 2. The first-order valence-corrected chi connectivity index (χ1v) is 9.45. The molecule has 2 aromatic carbocycles. The molecule has 27 heavy (non-hydrogen) atoms. The van der Waals surface area contributed by atoms with Crippen molar-refractivity contribution in [1.29, 1.82) is 0 Å². The second kappa shape index (κ2) is 8.25. The Morgan fingerprint density at radius 3 is 2.30 bits per heavy atom. The van der Waals surface area contributed by atoms with E-state index in [1.807, 2.05) is 61.2 Å². The molecule has 1 heterocycles. The second-order valence-electron chi connectivity index (χ2n) is 7.13. The lowest BCUT2D eigenvalue weighted by molar-refractivity contribution is -0.131. The number of carbonyl (C=O) groups is 2. The molecule has 1 atom stereocenters. The quantitative estimate of drug-likeness (QED) is 0.841. The first kappa shape index (κ1) is 19.0. The van der Waals surface area contributed by atoms with E-state index >= 15 is 0 Å². The van der Waals surface area contributed by atoms with Crippen LogP contribution in [0.3, 0.4) is 0 Å². The molecule has 1 fully saturated rings. The van der Waals surface area contributed by atoms with Gasteiger partial charge in [-0.3, -0.25) is 9.59 Å². The van der Waals surface area contributed by atoms with Gasteiger partial charge in [0.1, 0.15) is 6.04 Å². The topological polar surface area (TPSA) is 61.4 Å². The van der Waals surface area contributed by atoms with Gasteiger partial charge in [-0.2, -0.15) is 0 Å². The molecule has 1 aliphatic heterocycles. The van der Waals surface area contributed by atoms with Gasteiger partial charge in [-0.1, -0.05) is 36.4 Å². The number of amides is 2. The van der Waals surface area contributed by atoms with E-state index in [9.17, 15) is 9.59 Å². The summed E-state index contributed by atoms with van der Waals surface area (Å²) in [6.07, 6.45) is 2.12. The number of hydrogen-bond acceptors (Lipinski definition) is 3. The highest BCUT2D eigenvalue weighted by atomic mass is 16.2. The van der Waals surface area contributed by atoms with E-state index in [1.54, 1.807) is 0 Å². The molecule has 2 N–H and O–H groups in total. The standard InChI is InChI=1S/C22H27N3O2/c1-15-11-12-19(16(2)20(15)23-17(3)26)24-21(18-9-5-4-6-10-18)22(27)25-13-7-8-14-25/h4-6,9-12,21,24H,7-8,13-14H2,1-3H3,(H,23,26). The van der Waals surface area contributed by atoms with Crippen LogP contribution in [0.5, 0.6) is 0 Å². The number of nitrogens with one attached hydrogen (secondary N) is 2. The van der Waals surface area contributed by atoms with Crippen molar-refractivity contribution in [3.05, 3.63) is 59.2 Å². The third-order valence-corrected chi connectivity index (χ3v) is 5.07. The van der Waals surface area contributed by atoms with Crippen LogP contribution in [-0.2, 0) is 9.59 Å². The van der Waals surface area contributed by atoms with Gasteiger partial charge in [0.25, 0.3) is 0 Å². The van der Waals surface area contributed by atoms with Crippen LogP contribution in [0.25, 0.3) is 0 Å². The fraction of sp³-hybridized carbons (Fsp3) is 0.364. The number of benzene rings is 2. The van der Waals surface area contributed by atoms with Crippen LogP contribution in [0.2, 0.25) is 0 Å². The highest BCUT2D eigenvalue weighted by Gasteiger charge is 2.28. The van der Waals surface area contributed by atoms with E-state index < -0.39 is 6.04 Å². The van der Waals surface area contributed by atoms with Gasteiger partial charge in [0.05, 0.1) is 0 Å². The SMILES string of the molecule is CC(=O)Nc1c(C)ccc(NC(C(=O)N2CCCC2)c2ccccc2)c1C. The fourth-order valence-corrected chi connectivity index (χ4v) is 3.58. The van der Waals surface area contributed by atoms with Gasteiger partial charge < -0.3 is 15.5 Å². The van der Waals surface area contributed by atoms with Crippen LogP contribution in [0.15, 0.2) is 42.5 Å². The van der Waals surface area contributed by atoms with E-state index in [4.69, 9.17) is 0 Å². The summed E-state index contributed by atoms with van der Waals surface area (Å²) in [6.45, 7) is 7.06. The minimum atomic E-state index is -0.448. The van der Waals surface area contributed by atoms with E-state index in [2.05, 4.69) is 10.6 Å². The van der Waals surface area contributed by atoms with Crippen LogP contribution in [0.1, 0.15) is 42.5 Å². The number of rotatable bonds is 5. The zero-order valence-corrected chi connectivity index (χ0v) is 16.2. The van der Waals surface area contributed by atoms with Crippen LogP contribution >= 0.6 is 0 Å². The van der Waals surface area contributed by atoms with E-state index in [0.717, 1.165) is 54.0 Å². The largest absolute Gasteiger partial charge is 0.370 e. The third-order valence-electron chi connectivity index (χ3n) is 5.07. The fourth-order valence-electron chi connectivity index (χ4n) is 3.58. The monoisotopic (exact) mass is 365 g/mol. The van der Waals surface area contributed by atoms with E-state index in [0.29, 0.717) is 0 Å². The van der Waals surface area contributed by atoms with Gasteiger partial charge in [0.2, 0.25) is 11.8 Å². The molecule has 1 saturated heterocycles. The summed E-state index contributed by atoms with van der Waals surface area (Å²) >= 11 is 0. The Hall–Kier alpha value is -2.82. The van der Waals surface area contributed by atoms with Gasteiger partial charge in [-0.05, 0) is 49.4 Å². The Balaban J connectivity index is 1.95. The average molecular weight is 365 g/mol. The van der Waals surface area contributed by atoms with Crippen molar-refractivity contribution in [2.75, 3.05) is 23.7 Å². The minimum Gasteiger partial charge on any atom is -0.370 e. The Morgan fingerprint density at radius 1 is 1.00 bits per heavy atom. The summed E-state index contributed by atoms with van der Waals surface area (Å²) in [5.41, 5.74) is 4.52. The summed E-state index contributed by atoms with van der Waals surface area (Å²) in [5, 5.41) is 6.34. The van der Waals surface area contributed by atoms with Crippen LogP contribution in [0.4, 0.5) is 11.4 Å². The second-order valence-corrected chi connectivity index (χ2v) is 7.13. The number of anilines is 2. The highest BCUT2D eigenvalue weighted by molar-refractivity contribution is 5.92. The Bertz CT molecular complexity index is 827. The molecular formula is C22H27N3O2. The molecule has 3 rings (SSSR count). The van der Waals surface area contributed by atoms with Gasteiger partial charge in [0.15, 0.2) is 0 Å². The Morgan fingerprint density at radius 2 is 1.67 bits per heavy atom. The van der Waals surface area contributed by atoms with Crippen molar-refractivity contribution in [2.24, 2.45) is 0 Å². The zero-order chi connectivity index (χ0) is 19.4. The summed E-state index contributed by atoms with van der Waals surface area (Å²) in [6, 6.07) is 13.3. The summed E-state index contributed by atoms with van der Waals surface area (Å²) < 4.78 is 0. The first-order valence-electron chi connectivity index (χ1n) is 9.45. The first-order chi connectivity index (χ1) is 13.0. The molecule has 0 spiro atoms. The predicted molar refractivity (Wildman–Crippen MR) is 109 cm³/mol. The van der Waals surface area contributed by atoms with Crippen molar-refractivity contribution >= 4 is 23.2 Å². The van der Waals surface area contributed by atoms with Crippen LogP contribution in [-0.4, -0.2) is 29.8 Å². The average Bonchev–Trinajstić information content (AvgIpc) is 3.19. The zero-order valence-electron chi connectivity index (χ0n) is 16.2. The lowest BCUT2D eigenvalue weighted by atomic mass is 10.0. The molecule has 1 unspecified atom stereocenters. The van der Waals surface area contributed by atoms with E-state index in [1.165, 1.54) is 6.92 Å². The molecular weight excluding hydrogens is 338 g/mol. The molecule has 0 aliphatic carbocycles. The molecule has 2 amide bonds. The van der Waals surface area contributed by atoms with Gasteiger partial charge in [0, 0.05) is 31.4 Å². The normalized spacial score (nSPS) is 14.7. The molecule has 0 bridgehead atoms. The smallest absolute Gasteiger partial charge is 0.249 e. The highest BCUT2D eigenvalue weighted by Crippen LogP contribution is 2.31. The summed E-state index contributed by atoms with van der Waals surface area (Å²) in [5.74, 6) is -0.00847. The predicted octanol–water partition coefficient (Wildman–Crippen LogP) is 4.04. The van der Waals surface area contributed by atoms with Gasteiger partial charge in [-0.25, -0.2) is 0 Å². The molecule has 2 aromatic rings. The number of hydrogen-bond donors (Lipinski definition) is 2. The molecule has 5 heteroatoms. The summed E-state index contributed by atoms with van der Waals surface area (Å²) in [7, 11) is 0. The van der Waals surface area contributed by atoms with Crippen LogP contribution < -0.4 is 10.6 Å². The van der Waals surface area contributed by atoms with Crippen molar-refractivity contribution in [3.63, 3.8) is 0 Å². The maximum atomic E-state index is 13.2. The van der Waals surface area contributed by atoms with Crippen molar-refractivity contribution in [3.8, 4) is 0 Å². The third kappa shape index (κ3) is 4.30. The van der Waals surface area contributed by atoms with E-state index in [-0.39, 0.29) is 11.8 Å². The Kier molecular flexibility index (Phi) is 5.79.